The second-order valence-corrected chi connectivity index (χ2v) is 7.10. The average Bonchev–Trinajstić information content (AvgIpc) is 2.67. The molecule has 0 heterocycles. The molecule has 2 aromatic carbocycles. The monoisotopic (exact) mass is 372 g/mol. The van der Waals surface area contributed by atoms with E-state index in [2.05, 4.69) is 17.6 Å². The molecule has 2 rings (SSSR count). The molecule has 0 aliphatic carbocycles. The van der Waals surface area contributed by atoms with Gasteiger partial charge in [0.2, 0.25) is 11.8 Å². The van der Waals surface area contributed by atoms with Gasteiger partial charge in [0, 0.05) is 11.4 Å². The van der Waals surface area contributed by atoms with Crippen LogP contribution >= 0.6 is 11.8 Å². The Morgan fingerprint density at radius 3 is 2.15 bits per heavy atom. The van der Waals surface area contributed by atoms with Crippen LogP contribution in [0.4, 0.5) is 11.4 Å². The predicted molar refractivity (Wildman–Crippen MR) is 108 cm³/mol. The molecule has 0 aliphatic heterocycles. The van der Waals surface area contributed by atoms with Crippen LogP contribution in [0.25, 0.3) is 0 Å². The van der Waals surface area contributed by atoms with Crippen molar-refractivity contribution in [3.8, 4) is 5.75 Å². The highest BCUT2D eigenvalue weighted by Gasteiger charge is 2.15. The first-order chi connectivity index (χ1) is 12.5. The number of hydrogen-bond acceptors (Lipinski definition) is 4. The van der Waals surface area contributed by atoms with Crippen molar-refractivity contribution in [2.45, 2.75) is 25.5 Å². The number of rotatable bonds is 8. The van der Waals surface area contributed by atoms with Crippen molar-refractivity contribution in [1.82, 2.24) is 0 Å². The van der Waals surface area contributed by atoms with Gasteiger partial charge in [-0.2, -0.15) is 0 Å². The number of carbonyl (C=O) groups excluding carboxylic acids is 2. The third kappa shape index (κ3) is 6.11. The van der Waals surface area contributed by atoms with E-state index in [9.17, 15) is 9.59 Å². The molecule has 26 heavy (non-hydrogen) atoms. The fourth-order valence-electron chi connectivity index (χ4n) is 2.22. The second-order valence-electron chi connectivity index (χ2n) is 5.77. The summed E-state index contributed by atoms with van der Waals surface area (Å²) >= 11 is 1.30. The Hall–Kier alpha value is -2.47. The Morgan fingerprint density at radius 1 is 1.00 bits per heavy atom. The smallest absolute Gasteiger partial charge is 0.237 e. The van der Waals surface area contributed by atoms with Gasteiger partial charge in [0.05, 0.1) is 18.1 Å². The highest BCUT2D eigenvalue weighted by molar-refractivity contribution is 8.01. The van der Waals surface area contributed by atoms with Crippen LogP contribution in [0.5, 0.6) is 5.75 Å². The normalized spacial score (nSPS) is 11.5. The number of anilines is 2. The summed E-state index contributed by atoms with van der Waals surface area (Å²) in [6.07, 6.45) is 0.962. The van der Waals surface area contributed by atoms with Gasteiger partial charge in [-0.3, -0.25) is 9.59 Å². The van der Waals surface area contributed by atoms with E-state index in [1.54, 1.807) is 38.3 Å². The Bertz CT molecular complexity index is 730. The molecule has 1 atom stereocenters. The van der Waals surface area contributed by atoms with Gasteiger partial charge in [0.25, 0.3) is 0 Å². The molecule has 1 unspecified atom stereocenters. The van der Waals surface area contributed by atoms with Crippen molar-refractivity contribution >= 4 is 35.0 Å². The highest BCUT2D eigenvalue weighted by Crippen LogP contribution is 2.17. The first-order valence-electron chi connectivity index (χ1n) is 8.47. The number of methoxy groups -OCH3 is 1. The number of hydrogen-bond donors (Lipinski definition) is 2. The second kappa shape index (κ2) is 9.87. The van der Waals surface area contributed by atoms with Gasteiger partial charge in [-0.15, -0.1) is 11.8 Å². The zero-order valence-corrected chi connectivity index (χ0v) is 16.1. The van der Waals surface area contributed by atoms with Gasteiger partial charge in [-0.1, -0.05) is 19.1 Å². The maximum absolute atomic E-state index is 12.2. The quantitative estimate of drug-likeness (QED) is 0.736. The van der Waals surface area contributed by atoms with Crippen LogP contribution in [0.15, 0.2) is 48.5 Å². The summed E-state index contributed by atoms with van der Waals surface area (Å²) in [4.78, 5) is 24.3. The van der Waals surface area contributed by atoms with Crippen LogP contribution in [0.1, 0.15) is 19.4 Å². The van der Waals surface area contributed by atoms with E-state index >= 15 is 0 Å². The Morgan fingerprint density at radius 2 is 1.58 bits per heavy atom. The van der Waals surface area contributed by atoms with Crippen molar-refractivity contribution < 1.29 is 14.3 Å². The highest BCUT2D eigenvalue weighted by atomic mass is 32.2. The molecular formula is C20H24N2O3S. The molecule has 2 N–H and O–H groups in total. The van der Waals surface area contributed by atoms with Crippen LogP contribution < -0.4 is 15.4 Å². The van der Waals surface area contributed by atoms with Gasteiger partial charge in [-0.05, 0) is 55.3 Å². The van der Waals surface area contributed by atoms with Crippen molar-refractivity contribution in [3.63, 3.8) is 0 Å². The number of benzene rings is 2. The number of aryl methyl sites for hydroxylation is 1. The summed E-state index contributed by atoms with van der Waals surface area (Å²) in [6.45, 7) is 3.88. The summed E-state index contributed by atoms with van der Waals surface area (Å²) in [5.41, 5.74) is 2.69. The Balaban J connectivity index is 1.77. The molecule has 0 aliphatic rings. The summed E-state index contributed by atoms with van der Waals surface area (Å²) in [5, 5.41) is 5.35. The van der Waals surface area contributed by atoms with Gasteiger partial charge < -0.3 is 15.4 Å². The van der Waals surface area contributed by atoms with E-state index < -0.39 is 0 Å². The lowest BCUT2D eigenvalue weighted by Crippen LogP contribution is -2.25. The summed E-state index contributed by atoms with van der Waals surface area (Å²) in [7, 11) is 1.59. The van der Waals surface area contributed by atoms with Crippen molar-refractivity contribution in [1.29, 1.82) is 0 Å². The van der Waals surface area contributed by atoms with E-state index in [4.69, 9.17) is 4.74 Å². The van der Waals surface area contributed by atoms with E-state index in [1.165, 1.54) is 17.3 Å². The van der Waals surface area contributed by atoms with Crippen molar-refractivity contribution in [2.24, 2.45) is 0 Å². The van der Waals surface area contributed by atoms with Crippen LogP contribution in [-0.2, 0) is 16.0 Å². The number of nitrogens with one attached hydrogen (secondary N) is 2. The molecule has 6 heteroatoms. The molecule has 0 radical (unpaired) electrons. The topological polar surface area (TPSA) is 67.4 Å². The van der Waals surface area contributed by atoms with E-state index in [1.807, 2.05) is 24.3 Å². The van der Waals surface area contributed by atoms with E-state index in [0.717, 1.165) is 17.9 Å². The molecule has 0 fully saturated rings. The lowest BCUT2D eigenvalue weighted by Gasteiger charge is -2.12. The fourth-order valence-corrected chi connectivity index (χ4v) is 2.90. The lowest BCUT2D eigenvalue weighted by molar-refractivity contribution is -0.115. The van der Waals surface area contributed by atoms with Crippen molar-refractivity contribution in [3.05, 3.63) is 54.1 Å². The lowest BCUT2D eigenvalue weighted by atomic mass is 10.1. The maximum Gasteiger partial charge on any atom is 0.237 e. The molecular weight excluding hydrogens is 348 g/mol. The third-order valence-electron chi connectivity index (χ3n) is 3.84. The Kier molecular flexibility index (Phi) is 7.53. The fraction of sp³-hybridized carbons (Fsp3) is 0.300. The molecule has 0 bridgehead atoms. The molecule has 138 valence electrons. The molecule has 2 aromatic rings. The molecule has 0 aromatic heterocycles. The number of thioether (sulfide) groups is 1. The van der Waals surface area contributed by atoms with E-state index in [-0.39, 0.29) is 22.8 Å². The van der Waals surface area contributed by atoms with Gasteiger partial charge in [0.1, 0.15) is 5.75 Å². The summed E-state index contributed by atoms with van der Waals surface area (Å²) in [5.74, 6) is 0.674. The summed E-state index contributed by atoms with van der Waals surface area (Å²) in [6, 6.07) is 14.9. The minimum Gasteiger partial charge on any atom is -0.497 e. The molecule has 0 saturated heterocycles. The largest absolute Gasteiger partial charge is 0.497 e. The number of ether oxygens (including phenoxy) is 1. The molecule has 2 amide bonds. The first kappa shape index (κ1) is 19.8. The summed E-state index contributed by atoms with van der Waals surface area (Å²) < 4.78 is 5.08. The van der Waals surface area contributed by atoms with E-state index in [0.29, 0.717) is 5.69 Å². The van der Waals surface area contributed by atoms with Crippen LogP contribution in [0, 0.1) is 0 Å². The molecule has 0 spiro atoms. The number of carbonyl (C=O) groups is 2. The molecule has 5 nitrogen and oxygen atoms in total. The third-order valence-corrected chi connectivity index (χ3v) is 4.98. The Labute approximate surface area is 158 Å². The zero-order chi connectivity index (χ0) is 18.9. The van der Waals surface area contributed by atoms with Crippen LogP contribution in [0.2, 0.25) is 0 Å². The molecule has 0 saturated carbocycles. The van der Waals surface area contributed by atoms with Crippen molar-refractivity contribution in [2.75, 3.05) is 23.5 Å². The number of amides is 2. The van der Waals surface area contributed by atoms with Gasteiger partial charge >= 0.3 is 0 Å². The van der Waals surface area contributed by atoms with Crippen LogP contribution in [-0.4, -0.2) is 29.9 Å². The van der Waals surface area contributed by atoms with Crippen LogP contribution in [0.3, 0.4) is 0 Å². The van der Waals surface area contributed by atoms with Gasteiger partial charge in [-0.25, -0.2) is 0 Å². The maximum atomic E-state index is 12.2. The predicted octanol–water partition coefficient (Wildman–Crippen LogP) is 3.96. The first-order valence-corrected chi connectivity index (χ1v) is 9.52. The minimum atomic E-state index is -0.331. The zero-order valence-electron chi connectivity index (χ0n) is 15.2. The SMILES string of the molecule is CCc1ccc(NC(=O)C(C)SCC(=O)Nc2ccc(OC)cc2)cc1. The average molecular weight is 372 g/mol. The standard InChI is InChI=1S/C20H24N2O3S/c1-4-15-5-7-17(8-6-15)22-20(24)14(2)26-13-19(23)21-16-9-11-18(25-3)12-10-16/h5-12,14H,4,13H2,1-3H3,(H,21,23)(H,22,24). The van der Waals surface area contributed by atoms with Gasteiger partial charge in [0.15, 0.2) is 0 Å². The minimum absolute atomic E-state index is 0.114.